The summed E-state index contributed by atoms with van der Waals surface area (Å²) < 4.78 is 1.11. The second-order valence-corrected chi connectivity index (χ2v) is 5.70. The molecule has 1 aromatic carbocycles. The Hall–Kier alpha value is -1.43. The zero-order valence-corrected chi connectivity index (χ0v) is 11.2. The zero-order valence-electron chi connectivity index (χ0n) is 10.4. The standard InChI is InChI=1S/C14H16N2O2S/c17-12-5-6-15-7-11(12)16-14(18)10-8-19-13-4-2-1-3-9(10)13/h1-4,8,11-12,15,17H,5-7H2,(H,16,18)/t11-,12+/m0/s1. The number of hydrogen-bond acceptors (Lipinski definition) is 4. The number of fused-ring (bicyclic) bond motifs is 1. The van der Waals surface area contributed by atoms with E-state index in [0.717, 1.165) is 16.6 Å². The third-order valence-electron chi connectivity index (χ3n) is 3.49. The quantitative estimate of drug-likeness (QED) is 0.776. The minimum absolute atomic E-state index is 0.106. The Labute approximate surface area is 115 Å². The first-order chi connectivity index (χ1) is 9.25. The molecule has 3 N–H and O–H groups in total. The van der Waals surface area contributed by atoms with Crippen LogP contribution in [0.2, 0.25) is 0 Å². The normalized spacial score (nSPS) is 23.4. The Morgan fingerprint density at radius 3 is 3.11 bits per heavy atom. The van der Waals surface area contributed by atoms with E-state index < -0.39 is 6.10 Å². The Morgan fingerprint density at radius 2 is 2.26 bits per heavy atom. The molecular weight excluding hydrogens is 260 g/mol. The van der Waals surface area contributed by atoms with Crippen molar-refractivity contribution in [2.75, 3.05) is 13.1 Å². The molecule has 2 atom stereocenters. The van der Waals surface area contributed by atoms with Crippen molar-refractivity contribution in [2.45, 2.75) is 18.6 Å². The predicted molar refractivity (Wildman–Crippen MR) is 76.6 cm³/mol. The number of rotatable bonds is 2. The molecule has 0 aliphatic carbocycles. The van der Waals surface area contributed by atoms with Gasteiger partial charge in [-0.2, -0.15) is 0 Å². The van der Waals surface area contributed by atoms with E-state index in [9.17, 15) is 9.90 Å². The summed E-state index contributed by atoms with van der Waals surface area (Å²) in [6.07, 6.45) is 0.213. The van der Waals surface area contributed by atoms with Crippen LogP contribution in [-0.2, 0) is 0 Å². The molecule has 0 radical (unpaired) electrons. The van der Waals surface area contributed by atoms with Gasteiger partial charge in [0.25, 0.3) is 5.91 Å². The van der Waals surface area contributed by atoms with Crippen LogP contribution in [-0.4, -0.2) is 36.2 Å². The number of hydrogen-bond donors (Lipinski definition) is 3. The molecule has 0 spiro atoms. The van der Waals surface area contributed by atoms with Gasteiger partial charge in [-0.1, -0.05) is 18.2 Å². The molecule has 4 nitrogen and oxygen atoms in total. The highest BCUT2D eigenvalue weighted by Gasteiger charge is 2.25. The largest absolute Gasteiger partial charge is 0.391 e. The van der Waals surface area contributed by atoms with Crippen LogP contribution in [0.15, 0.2) is 29.6 Å². The van der Waals surface area contributed by atoms with E-state index in [-0.39, 0.29) is 11.9 Å². The first-order valence-corrected chi connectivity index (χ1v) is 7.29. The van der Waals surface area contributed by atoms with Crippen LogP contribution in [0.4, 0.5) is 0 Å². The van der Waals surface area contributed by atoms with Crippen molar-refractivity contribution >= 4 is 27.3 Å². The van der Waals surface area contributed by atoms with Crippen LogP contribution in [0.25, 0.3) is 10.1 Å². The first kappa shape index (κ1) is 12.6. The summed E-state index contributed by atoms with van der Waals surface area (Å²) in [6.45, 7) is 1.42. The molecule has 1 aromatic heterocycles. The second-order valence-electron chi connectivity index (χ2n) is 4.79. The van der Waals surface area contributed by atoms with Gasteiger partial charge in [-0.3, -0.25) is 4.79 Å². The lowest BCUT2D eigenvalue weighted by molar-refractivity contribution is 0.0756. The van der Waals surface area contributed by atoms with Gasteiger partial charge >= 0.3 is 0 Å². The molecule has 3 rings (SSSR count). The molecule has 100 valence electrons. The van der Waals surface area contributed by atoms with E-state index in [1.54, 1.807) is 11.3 Å². The van der Waals surface area contributed by atoms with E-state index in [1.807, 2.05) is 29.6 Å². The molecule has 0 bridgehead atoms. The Kier molecular flexibility index (Phi) is 3.50. The number of aliphatic hydroxyl groups excluding tert-OH is 1. The minimum Gasteiger partial charge on any atom is -0.391 e. The van der Waals surface area contributed by atoms with E-state index in [1.165, 1.54) is 0 Å². The summed E-state index contributed by atoms with van der Waals surface area (Å²) in [5, 5.41) is 18.8. The number of nitrogens with one attached hydrogen (secondary N) is 2. The number of amides is 1. The van der Waals surface area contributed by atoms with Gasteiger partial charge < -0.3 is 15.7 Å². The maximum absolute atomic E-state index is 12.3. The van der Waals surface area contributed by atoms with Crippen LogP contribution < -0.4 is 10.6 Å². The number of aliphatic hydroxyl groups is 1. The van der Waals surface area contributed by atoms with Gasteiger partial charge in [-0.25, -0.2) is 0 Å². The third-order valence-corrected chi connectivity index (χ3v) is 4.45. The van der Waals surface area contributed by atoms with Crippen molar-refractivity contribution in [1.82, 2.24) is 10.6 Å². The fourth-order valence-electron chi connectivity index (χ4n) is 2.39. The topological polar surface area (TPSA) is 61.4 Å². The number of benzene rings is 1. The molecule has 0 saturated carbocycles. The third kappa shape index (κ3) is 2.49. The molecule has 0 unspecified atom stereocenters. The fourth-order valence-corrected chi connectivity index (χ4v) is 3.33. The molecule has 2 heterocycles. The summed E-state index contributed by atoms with van der Waals surface area (Å²) in [5.41, 5.74) is 0.693. The van der Waals surface area contributed by atoms with Crippen LogP contribution in [0.1, 0.15) is 16.8 Å². The molecule has 1 fully saturated rings. The van der Waals surface area contributed by atoms with Crippen molar-refractivity contribution < 1.29 is 9.90 Å². The van der Waals surface area contributed by atoms with E-state index in [0.29, 0.717) is 18.5 Å². The molecule has 1 amide bonds. The minimum atomic E-state index is -0.463. The number of carbonyl (C=O) groups excluding carboxylic acids is 1. The Morgan fingerprint density at radius 1 is 1.42 bits per heavy atom. The summed E-state index contributed by atoms with van der Waals surface area (Å²) in [4.78, 5) is 12.3. The Bertz CT molecular complexity index is 596. The average molecular weight is 276 g/mol. The fraction of sp³-hybridized carbons (Fsp3) is 0.357. The van der Waals surface area contributed by atoms with Crippen molar-refractivity contribution in [3.05, 3.63) is 35.2 Å². The van der Waals surface area contributed by atoms with Gasteiger partial charge in [0.2, 0.25) is 0 Å². The van der Waals surface area contributed by atoms with Gasteiger partial charge in [-0.15, -0.1) is 11.3 Å². The number of carbonyl (C=O) groups is 1. The van der Waals surface area contributed by atoms with Crippen LogP contribution in [0, 0.1) is 0 Å². The number of piperidine rings is 1. The van der Waals surface area contributed by atoms with Gasteiger partial charge in [0.1, 0.15) is 0 Å². The SMILES string of the molecule is O=C(N[C@H]1CNCC[C@H]1O)c1csc2ccccc12. The molecular formula is C14H16N2O2S. The lowest BCUT2D eigenvalue weighted by Crippen LogP contribution is -2.53. The summed E-state index contributed by atoms with van der Waals surface area (Å²) in [6, 6.07) is 7.65. The van der Waals surface area contributed by atoms with Crippen molar-refractivity contribution in [3.63, 3.8) is 0 Å². The highest BCUT2D eigenvalue weighted by atomic mass is 32.1. The van der Waals surface area contributed by atoms with E-state index >= 15 is 0 Å². The maximum Gasteiger partial charge on any atom is 0.253 e. The zero-order chi connectivity index (χ0) is 13.2. The van der Waals surface area contributed by atoms with Gasteiger partial charge in [0.05, 0.1) is 17.7 Å². The van der Waals surface area contributed by atoms with E-state index in [2.05, 4.69) is 10.6 Å². The molecule has 5 heteroatoms. The molecule has 19 heavy (non-hydrogen) atoms. The highest BCUT2D eigenvalue weighted by Crippen LogP contribution is 2.25. The monoisotopic (exact) mass is 276 g/mol. The maximum atomic E-state index is 12.3. The average Bonchev–Trinajstić information content (AvgIpc) is 2.85. The van der Waals surface area contributed by atoms with Crippen LogP contribution in [0.5, 0.6) is 0 Å². The Balaban J connectivity index is 1.80. The van der Waals surface area contributed by atoms with Crippen molar-refractivity contribution in [1.29, 1.82) is 0 Å². The van der Waals surface area contributed by atoms with Gasteiger partial charge in [-0.05, 0) is 19.0 Å². The predicted octanol–water partition coefficient (Wildman–Crippen LogP) is 1.35. The highest BCUT2D eigenvalue weighted by molar-refractivity contribution is 7.17. The second kappa shape index (κ2) is 5.28. The van der Waals surface area contributed by atoms with E-state index in [4.69, 9.17) is 0 Å². The van der Waals surface area contributed by atoms with Gasteiger partial charge in [0, 0.05) is 22.0 Å². The summed E-state index contributed by atoms with van der Waals surface area (Å²) in [5.74, 6) is -0.106. The van der Waals surface area contributed by atoms with Crippen molar-refractivity contribution in [3.8, 4) is 0 Å². The summed E-state index contributed by atoms with van der Waals surface area (Å²) in [7, 11) is 0. The lowest BCUT2D eigenvalue weighted by Gasteiger charge is -2.29. The van der Waals surface area contributed by atoms with Crippen LogP contribution in [0.3, 0.4) is 0 Å². The molecule has 1 aliphatic rings. The number of thiophene rings is 1. The molecule has 1 saturated heterocycles. The molecule has 1 aliphatic heterocycles. The van der Waals surface area contributed by atoms with Crippen LogP contribution >= 0.6 is 11.3 Å². The lowest BCUT2D eigenvalue weighted by atomic mass is 10.0. The van der Waals surface area contributed by atoms with Gasteiger partial charge in [0.15, 0.2) is 0 Å². The van der Waals surface area contributed by atoms with Crippen molar-refractivity contribution in [2.24, 2.45) is 0 Å². The molecule has 2 aromatic rings. The summed E-state index contributed by atoms with van der Waals surface area (Å²) >= 11 is 1.57. The first-order valence-electron chi connectivity index (χ1n) is 6.41. The smallest absolute Gasteiger partial charge is 0.253 e.